The summed E-state index contributed by atoms with van der Waals surface area (Å²) in [6.07, 6.45) is 3.36. The number of benzene rings is 1. The Balaban J connectivity index is 2.22. The molecule has 1 aromatic rings. The van der Waals surface area contributed by atoms with Gasteiger partial charge < -0.3 is 5.32 Å². The van der Waals surface area contributed by atoms with Crippen LogP contribution < -0.4 is 5.32 Å². The molecule has 0 bridgehead atoms. The molecule has 3 atom stereocenters. The summed E-state index contributed by atoms with van der Waals surface area (Å²) in [5.74, 6) is 0. The Bertz CT molecular complexity index is 396. The maximum Gasteiger partial charge on any atom is 0.0588 e. The van der Waals surface area contributed by atoms with Gasteiger partial charge in [0.1, 0.15) is 0 Å². The second kappa shape index (κ2) is 5.43. The lowest BCUT2D eigenvalue weighted by Gasteiger charge is -2.18. The number of hydrogen-bond acceptors (Lipinski definition) is 2. The largest absolute Gasteiger partial charge is 0.316 e. The van der Waals surface area contributed by atoms with E-state index in [1.807, 2.05) is 31.3 Å². The lowest BCUT2D eigenvalue weighted by Crippen LogP contribution is -2.35. The van der Waals surface area contributed by atoms with E-state index in [-0.39, 0.29) is 5.25 Å². The van der Waals surface area contributed by atoms with Gasteiger partial charge in [0.05, 0.1) is 20.9 Å². The van der Waals surface area contributed by atoms with E-state index in [2.05, 4.69) is 21.2 Å². The Hall–Kier alpha value is -0.190. The van der Waals surface area contributed by atoms with E-state index in [1.54, 1.807) is 0 Å². The Labute approximate surface area is 107 Å². The first kappa shape index (κ1) is 12.3. The van der Waals surface area contributed by atoms with Crippen LogP contribution in [0, 0.1) is 0 Å². The molecule has 0 spiro atoms. The second-order valence-electron chi connectivity index (χ2n) is 4.09. The summed E-state index contributed by atoms with van der Waals surface area (Å²) in [7, 11) is 1.05. The zero-order valence-electron chi connectivity index (χ0n) is 9.28. The molecule has 3 unspecified atom stereocenters. The summed E-state index contributed by atoms with van der Waals surface area (Å²) in [5.41, 5.74) is 0. The maximum atomic E-state index is 12.5. The molecule has 1 saturated carbocycles. The van der Waals surface area contributed by atoms with Gasteiger partial charge in [-0.1, -0.05) is 18.6 Å². The standard InChI is InChI=1S/C12H16BrNOS/c1-14-10-6-4-8-12(10)16(15)11-7-3-2-5-9(11)13/h2-3,5,7,10,12,14H,4,6,8H2,1H3. The zero-order valence-corrected chi connectivity index (χ0v) is 11.7. The van der Waals surface area contributed by atoms with Gasteiger partial charge >= 0.3 is 0 Å². The minimum atomic E-state index is -0.910. The van der Waals surface area contributed by atoms with Crippen LogP contribution in [0.4, 0.5) is 0 Å². The Morgan fingerprint density at radius 1 is 1.38 bits per heavy atom. The quantitative estimate of drug-likeness (QED) is 0.930. The lowest BCUT2D eigenvalue weighted by molar-refractivity contribution is 0.576. The van der Waals surface area contributed by atoms with Crippen molar-refractivity contribution in [3.63, 3.8) is 0 Å². The van der Waals surface area contributed by atoms with Crippen LogP contribution in [0.5, 0.6) is 0 Å². The highest BCUT2D eigenvalue weighted by Gasteiger charge is 2.32. The molecule has 88 valence electrons. The Kier molecular flexibility index (Phi) is 4.16. The van der Waals surface area contributed by atoms with Crippen molar-refractivity contribution in [1.82, 2.24) is 5.32 Å². The van der Waals surface area contributed by atoms with Crippen LogP contribution in [-0.2, 0) is 10.8 Å². The molecule has 1 aromatic carbocycles. The minimum absolute atomic E-state index is 0.253. The highest BCUT2D eigenvalue weighted by molar-refractivity contribution is 9.10. The second-order valence-corrected chi connectivity index (χ2v) is 6.59. The van der Waals surface area contributed by atoms with Crippen molar-refractivity contribution in [2.75, 3.05) is 7.05 Å². The highest BCUT2D eigenvalue weighted by atomic mass is 79.9. The molecule has 0 aliphatic heterocycles. The van der Waals surface area contributed by atoms with Crippen molar-refractivity contribution in [2.24, 2.45) is 0 Å². The average Bonchev–Trinajstić information content (AvgIpc) is 2.77. The Morgan fingerprint density at radius 2 is 2.12 bits per heavy atom. The first-order chi connectivity index (χ1) is 7.74. The van der Waals surface area contributed by atoms with Gasteiger partial charge in [0.25, 0.3) is 0 Å². The molecular formula is C12H16BrNOS. The molecule has 0 aromatic heterocycles. The smallest absolute Gasteiger partial charge is 0.0588 e. The van der Waals surface area contributed by atoms with Gasteiger partial charge in [-0.15, -0.1) is 0 Å². The molecule has 1 aliphatic carbocycles. The molecule has 1 fully saturated rings. The van der Waals surface area contributed by atoms with E-state index in [4.69, 9.17) is 0 Å². The fourth-order valence-corrected chi connectivity index (χ4v) is 4.80. The van der Waals surface area contributed by atoms with Gasteiger partial charge in [-0.05, 0) is 48.0 Å². The first-order valence-corrected chi connectivity index (χ1v) is 7.57. The third-order valence-corrected chi connectivity index (χ3v) is 6.01. The molecule has 2 rings (SSSR count). The Morgan fingerprint density at radius 3 is 2.81 bits per heavy atom. The summed E-state index contributed by atoms with van der Waals surface area (Å²) in [6.45, 7) is 0. The van der Waals surface area contributed by atoms with Crippen molar-refractivity contribution in [3.05, 3.63) is 28.7 Å². The normalized spacial score (nSPS) is 26.9. The van der Waals surface area contributed by atoms with Gasteiger partial charge in [0.15, 0.2) is 0 Å². The van der Waals surface area contributed by atoms with Crippen molar-refractivity contribution < 1.29 is 4.21 Å². The summed E-state index contributed by atoms with van der Waals surface area (Å²) < 4.78 is 13.4. The molecule has 4 heteroatoms. The number of nitrogens with one attached hydrogen (secondary N) is 1. The van der Waals surface area contributed by atoms with E-state index >= 15 is 0 Å². The summed E-state index contributed by atoms with van der Waals surface area (Å²) >= 11 is 3.47. The van der Waals surface area contributed by atoms with Crippen LogP contribution in [0.2, 0.25) is 0 Å². The van der Waals surface area contributed by atoms with Crippen LogP contribution in [-0.4, -0.2) is 22.5 Å². The molecule has 0 radical (unpaired) electrons. The van der Waals surface area contributed by atoms with Crippen LogP contribution in [0.15, 0.2) is 33.6 Å². The van der Waals surface area contributed by atoms with Gasteiger partial charge in [0.2, 0.25) is 0 Å². The molecule has 1 aliphatic rings. The number of halogens is 1. The SMILES string of the molecule is CNC1CCCC1S(=O)c1ccccc1Br. The van der Waals surface area contributed by atoms with Gasteiger partial charge in [-0.2, -0.15) is 0 Å². The van der Waals surface area contributed by atoms with E-state index in [9.17, 15) is 4.21 Å². The van der Waals surface area contributed by atoms with E-state index < -0.39 is 10.8 Å². The zero-order chi connectivity index (χ0) is 11.5. The third-order valence-electron chi connectivity index (χ3n) is 3.15. The summed E-state index contributed by atoms with van der Waals surface area (Å²) in [5, 5.41) is 3.53. The van der Waals surface area contributed by atoms with E-state index in [0.29, 0.717) is 6.04 Å². The highest BCUT2D eigenvalue weighted by Crippen LogP contribution is 2.30. The molecule has 1 N–H and O–H groups in total. The number of rotatable bonds is 3. The van der Waals surface area contributed by atoms with Gasteiger partial charge in [-0.25, -0.2) is 0 Å². The van der Waals surface area contributed by atoms with Gasteiger partial charge in [0, 0.05) is 10.5 Å². The maximum absolute atomic E-state index is 12.5. The lowest BCUT2D eigenvalue weighted by atomic mass is 10.2. The molecule has 2 nitrogen and oxygen atoms in total. The fourth-order valence-electron chi connectivity index (χ4n) is 2.28. The number of hydrogen-bond donors (Lipinski definition) is 1. The van der Waals surface area contributed by atoms with Crippen LogP contribution in [0.1, 0.15) is 19.3 Å². The fraction of sp³-hybridized carbons (Fsp3) is 0.500. The predicted octanol–water partition coefficient (Wildman–Crippen LogP) is 2.70. The third kappa shape index (κ3) is 2.39. The van der Waals surface area contributed by atoms with Crippen LogP contribution in [0.3, 0.4) is 0 Å². The molecular weight excluding hydrogens is 286 g/mol. The van der Waals surface area contributed by atoms with Crippen molar-refractivity contribution in [2.45, 2.75) is 35.4 Å². The molecule has 16 heavy (non-hydrogen) atoms. The van der Waals surface area contributed by atoms with Crippen molar-refractivity contribution in [1.29, 1.82) is 0 Å². The monoisotopic (exact) mass is 301 g/mol. The van der Waals surface area contributed by atoms with Crippen molar-refractivity contribution >= 4 is 26.7 Å². The summed E-state index contributed by atoms with van der Waals surface area (Å²) in [4.78, 5) is 0.926. The van der Waals surface area contributed by atoms with E-state index in [1.165, 1.54) is 6.42 Å². The molecule has 0 saturated heterocycles. The van der Waals surface area contributed by atoms with Crippen LogP contribution in [0.25, 0.3) is 0 Å². The molecule has 0 amide bonds. The first-order valence-electron chi connectivity index (χ1n) is 5.56. The minimum Gasteiger partial charge on any atom is -0.316 e. The predicted molar refractivity (Wildman–Crippen MR) is 71.0 cm³/mol. The topological polar surface area (TPSA) is 29.1 Å². The van der Waals surface area contributed by atoms with E-state index in [0.717, 1.165) is 22.2 Å². The summed E-state index contributed by atoms with van der Waals surface area (Å²) in [6, 6.07) is 8.20. The van der Waals surface area contributed by atoms with Gasteiger partial charge in [-0.3, -0.25) is 4.21 Å². The van der Waals surface area contributed by atoms with Crippen molar-refractivity contribution in [3.8, 4) is 0 Å². The average molecular weight is 302 g/mol. The van der Waals surface area contributed by atoms with Crippen LogP contribution >= 0.6 is 15.9 Å². The molecule has 0 heterocycles.